The van der Waals surface area contributed by atoms with Gasteiger partial charge in [0.2, 0.25) is 5.95 Å². The topological polar surface area (TPSA) is 96.0 Å². The highest BCUT2D eigenvalue weighted by molar-refractivity contribution is 5.99. The Labute approximate surface area is 174 Å². The van der Waals surface area contributed by atoms with Crippen LogP contribution in [0.3, 0.4) is 0 Å². The number of hydrogen-bond acceptors (Lipinski definition) is 8. The van der Waals surface area contributed by atoms with Crippen LogP contribution in [0, 0.1) is 0 Å². The summed E-state index contributed by atoms with van der Waals surface area (Å²) >= 11 is 0. The third kappa shape index (κ3) is 3.81. The molecule has 30 heavy (non-hydrogen) atoms. The molecular weight excluding hydrogens is 386 g/mol. The van der Waals surface area contributed by atoms with E-state index in [4.69, 9.17) is 14.5 Å². The number of carbonyl (C=O) groups is 1. The molecule has 3 aliphatic heterocycles. The van der Waals surface area contributed by atoms with Gasteiger partial charge in [-0.2, -0.15) is 15.0 Å². The van der Waals surface area contributed by atoms with Crippen molar-refractivity contribution in [3.63, 3.8) is 0 Å². The van der Waals surface area contributed by atoms with E-state index >= 15 is 0 Å². The van der Waals surface area contributed by atoms with Gasteiger partial charge in [-0.25, -0.2) is 14.8 Å². The van der Waals surface area contributed by atoms with Gasteiger partial charge in [0.15, 0.2) is 0 Å². The number of rotatable bonds is 4. The smallest absolute Gasteiger partial charge is 0.343 e. The highest BCUT2D eigenvalue weighted by Gasteiger charge is 2.39. The number of urea groups is 1. The SMILES string of the molecule is O=C(Nc1ccccc1)N(c1ncnc(N2C3CCC2COC3)n1)N1CCOCC1. The standard InChI is InChI=1S/C20H25N7O3/c28-20(23-15-4-2-1-3-5-15)27(25-8-10-29-11-9-25)19-22-14-21-18(24-19)26-16-6-7-17(26)13-30-12-16/h1-5,14,16-17H,6-13H2,(H,23,28). The molecule has 10 heteroatoms. The number of morpholine rings is 2. The Balaban J connectivity index is 1.44. The number of nitrogens with zero attached hydrogens (tertiary/aromatic N) is 6. The summed E-state index contributed by atoms with van der Waals surface area (Å²) in [5.74, 6) is 0.905. The zero-order valence-corrected chi connectivity index (χ0v) is 16.7. The summed E-state index contributed by atoms with van der Waals surface area (Å²) in [4.78, 5) is 28.9. The lowest BCUT2D eigenvalue weighted by Crippen LogP contribution is -2.54. The number of para-hydroxylation sites is 1. The first kappa shape index (κ1) is 19.2. The molecule has 2 amide bonds. The molecule has 1 N–H and O–H groups in total. The van der Waals surface area contributed by atoms with Crippen molar-refractivity contribution in [2.24, 2.45) is 0 Å². The summed E-state index contributed by atoms with van der Waals surface area (Å²) in [5, 5.41) is 6.35. The number of nitrogens with one attached hydrogen (secondary N) is 1. The Morgan fingerprint density at radius 1 is 1.03 bits per heavy atom. The number of carbonyl (C=O) groups excluding carboxylic acids is 1. The van der Waals surface area contributed by atoms with Crippen LogP contribution in [0.15, 0.2) is 36.7 Å². The Morgan fingerprint density at radius 2 is 1.77 bits per heavy atom. The molecule has 10 nitrogen and oxygen atoms in total. The number of hydrazine groups is 1. The van der Waals surface area contributed by atoms with Crippen molar-refractivity contribution >= 4 is 23.6 Å². The highest BCUT2D eigenvalue weighted by Crippen LogP contribution is 2.32. The van der Waals surface area contributed by atoms with E-state index in [9.17, 15) is 4.79 Å². The van der Waals surface area contributed by atoms with Gasteiger partial charge in [0.05, 0.1) is 38.5 Å². The van der Waals surface area contributed by atoms with E-state index in [2.05, 4.69) is 20.2 Å². The van der Waals surface area contributed by atoms with E-state index in [1.807, 2.05) is 35.3 Å². The monoisotopic (exact) mass is 411 g/mol. The fraction of sp³-hybridized carbons (Fsp3) is 0.500. The normalized spacial score (nSPS) is 23.9. The van der Waals surface area contributed by atoms with Crippen molar-refractivity contribution in [2.45, 2.75) is 24.9 Å². The summed E-state index contributed by atoms with van der Waals surface area (Å²) in [6.07, 6.45) is 3.61. The third-order valence-electron chi connectivity index (χ3n) is 5.69. The fourth-order valence-corrected chi connectivity index (χ4v) is 4.26. The second kappa shape index (κ2) is 8.50. The van der Waals surface area contributed by atoms with Crippen LogP contribution in [0.2, 0.25) is 0 Å². The van der Waals surface area contributed by atoms with Crippen molar-refractivity contribution in [2.75, 3.05) is 54.7 Å². The van der Waals surface area contributed by atoms with Crippen LogP contribution < -0.4 is 15.2 Å². The molecule has 3 fully saturated rings. The minimum atomic E-state index is -0.315. The van der Waals surface area contributed by atoms with Gasteiger partial charge in [0.25, 0.3) is 5.95 Å². The average molecular weight is 411 g/mol. The lowest BCUT2D eigenvalue weighted by molar-refractivity contribution is 0.0359. The van der Waals surface area contributed by atoms with Gasteiger partial charge >= 0.3 is 6.03 Å². The van der Waals surface area contributed by atoms with Gasteiger partial charge in [0, 0.05) is 18.8 Å². The van der Waals surface area contributed by atoms with Crippen molar-refractivity contribution in [1.29, 1.82) is 0 Å². The highest BCUT2D eigenvalue weighted by atomic mass is 16.5. The summed E-state index contributed by atoms with van der Waals surface area (Å²) in [6, 6.07) is 9.59. The summed E-state index contributed by atoms with van der Waals surface area (Å²) < 4.78 is 11.1. The number of ether oxygens (including phenoxy) is 2. The van der Waals surface area contributed by atoms with E-state index in [0.29, 0.717) is 57.1 Å². The maximum absolute atomic E-state index is 13.2. The number of fused-ring (bicyclic) bond motifs is 2. The number of amides is 2. The molecule has 3 saturated heterocycles. The molecule has 0 saturated carbocycles. The lowest BCUT2D eigenvalue weighted by Gasteiger charge is -2.37. The number of hydrogen-bond donors (Lipinski definition) is 1. The summed E-state index contributed by atoms with van der Waals surface area (Å²) in [5.41, 5.74) is 0.710. The minimum Gasteiger partial charge on any atom is -0.379 e. The van der Waals surface area contributed by atoms with Gasteiger partial charge in [0.1, 0.15) is 6.33 Å². The Kier molecular flexibility index (Phi) is 5.43. The third-order valence-corrected chi connectivity index (χ3v) is 5.69. The predicted molar refractivity (Wildman–Crippen MR) is 110 cm³/mol. The molecular formula is C20H25N7O3. The molecule has 2 aromatic rings. The van der Waals surface area contributed by atoms with Gasteiger partial charge < -0.3 is 19.7 Å². The first-order valence-electron chi connectivity index (χ1n) is 10.3. The van der Waals surface area contributed by atoms with Gasteiger partial charge in [-0.1, -0.05) is 18.2 Å². The predicted octanol–water partition coefficient (Wildman–Crippen LogP) is 1.52. The molecule has 0 spiro atoms. The molecule has 1 aromatic carbocycles. The molecule has 2 unspecified atom stereocenters. The zero-order valence-electron chi connectivity index (χ0n) is 16.7. The maximum atomic E-state index is 13.2. The van der Waals surface area contributed by atoms with Crippen molar-refractivity contribution in [3.05, 3.63) is 36.7 Å². The largest absolute Gasteiger partial charge is 0.379 e. The van der Waals surface area contributed by atoms with Crippen LogP contribution in [-0.4, -0.2) is 77.6 Å². The Hall–Kier alpha value is -2.82. The first-order valence-corrected chi connectivity index (χ1v) is 10.3. The molecule has 0 aliphatic carbocycles. The zero-order chi connectivity index (χ0) is 20.3. The molecule has 2 bridgehead atoms. The second-order valence-corrected chi connectivity index (χ2v) is 7.59. The van der Waals surface area contributed by atoms with Crippen LogP contribution in [0.4, 0.5) is 22.4 Å². The van der Waals surface area contributed by atoms with E-state index < -0.39 is 0 Å². The van der Waals surface area contributed by atoms with E-state index in [-0.39, 0.29) is 18.1 Å². The molecule has 1 aromatic heterocycles. The number of anilines is 3. The average Bonchev–Trinajstić information content (AvgIpc) is 3.04. The number of benzene rings is 1. The van der Waals surface area contributed by atoms with Crippen LogP contribution >= 0.6 is 0 Å². The minimum absolute atomic E-state index is 0.272. The Morgan fingerprint density at radius 3 is 2.50 bits per heavy atom. The maximum Gasteiger partial charge on any atom is 0.343 e. The van der Waals surface area contributed by atoms with Crippen molar-refractivity contribution in [1.82, 2.24) is 20.0 Å². The number of aromatic nitrogens is 3. The van der Waals surface area contributed by atoms with E-state index in [0.717, 1.165) is 12.8 Å². The van der Waals surface area contributed by atoms with Crippen LogP contribution in [-0.2, 0) is 9.47 Å². The van der Waals surface area contributed by atoms with Crippen LogP contribution in [0.5, 0.6) is 0 Å². The molecule has 0 radical (unpaired) electrons. The van der Waals surface area contributed by atoms with Gasteiger partial charge in [-0.3, -0.25) is 0 Å². The quantitative estimate of drug-likeness (QED) is 0.809. The molecule has 158 valence electrons. The van der Waals surface area contributed by atoms with Gasteiger partial charge in [-0.05, 0) is 25.0 Å². The summed E-state index contributed by atoms with van der Waals surface area (Å²) in [7, 11) is 0. The molecule has 4 heterocycles. The summed E-state index contributed by atoms with van der Waals surface area (Å²) in [6.45, 7) is 3.60. The van der Waals surface area contributed by atoms with E-state index in [1.165, 1.54) is 11.3 Å². The molecule has 2 atom stereocenters. The lowest BCUT2D eigenvalue weighted by atomic mass is 10.2. The van der Waals surface area contributed by atoms with Crippen molar-refractivity contribution < 1.29 is 14.3 Å². The van der Waals surface area contributed by atoms with E-state index in [1.54, 1.807) is 0 Å². The van der Waals surface area contributed by atoms with Crippen molar-refractivity contribution in [3.8, 4) is 0 Å². The molecule has 3 aliphatic rings. The molecule has 5 rings (SSSR count). The second-order valence-electron chi connectivity index (χ2n) is 7.59. The van der Waals surface area contributed by atoms with Crippen LogP contribution in [0.1, 0.15) is 12.8 Å². The Bertz CT molecular complexity index is 862. The van der Waals surface area contributed by atoms with Crippen LogP contribution in [0.25, 0.3) is 0 Å². The first-order chi connectivity index (χ1) is 14.8. The fourth-order valence-electron chi connectivity index (χ4n) is 4.26. The van der Waals surface area contributed by atoms with Gasteiger partial charge in [-0.15, -0.1) is 0 Å².